The first-order valence-electron chi connectivity index (χ1n) is 6.21. The van der Waals surface area contributed by atoms with Gasteiger partial charge in [0, 0.05) is 35.6 Å². The van der Waals surface area contributed by atoms with Crippen molar-refractivity contribution in [3.63, 3.8) is 0 Å². The summed E-state index contributed by atoms with van der Waals surface area (Å²) in [6, 6.07) is 1.71. The number of carbonyl (C=O) groups excluding carboxylic acids is 2. The van der Waals surface area contributed by atoms with Crippen LogP contribution in [0, 0.1) is 0 Å². The molecule has 20 heavy (non-hydrogen) atoms. The largest absolute Gasteiger partial charge is 0.396 e. The lowest BCUT2D eigenvalue weighted by Gasteiger charge is -2.11. The summed E-state index contributed by atoms with van der Waals surface area (Å²) in [5.74, 6) is -0.252. The molecule has 0 bridgehead atoms. The van der Waals surface area contributed by atoms with Crippen molar-refractivity contribution in [3.05, 3.63) is 42.8 Å². The van der Waals surface area contributed by atoms with Gasteiger partial charge in [0.15, 0.2) is 0 Å². The minimum Gasteiger partial charge on any atom is -0.396 e. The molecule has 0 amide bonds. The van der Waals surface area contributed by atoms with Gasteiger partial charge in [0.05, 0.1) is 9.75 Å². The van der Waals surface area contributed by atoms with Crippen molar-refractivity contribution >= 4 is 34.2 Å². The number of carbonyl (C=O) groups is 2. The van der Waals surface area contributed by atoms with E-state index >= 15 is 0 Å². The van der Waals surface area contributed by atoms with Gasteiger partial charge in [-0.1, -0.05) is 0 Å². The first kappa shape index (κ1) is 13.6. The molecule has 0 spiro atoms. The second-order valence-corrected chi connectivity index (χ2v) is 6.54. The predicted molar refractivity (Wildman–Crippen MR) is 77.1 cm³/mol. The Labute approximate surface area is 123 Å². The molecule has 3 rings (SSSR count). The Morgan fingerprint density at radius 2 is 1.75 bits per heavy atom. The number of hydrogen-bond acceptors (Lipinski definition) is 6. The molecule has 2 N–H and O–H groups in total. The van der Waals surface area contributed by atoms with Gasteiger partial charge in [0.25, 0.3) is 0 Å². The number of aliphatic hydroxyl groups is 2. The minimum atomic E-state index is -0.131. The normalized spacial score (nSPS) is 13.5. The van der Waals surface area contributed by atoms with Gasteiger partial charge in [-0.25, -0.2) is 0 Å². The summed E-state index contributed by atoms with van der Waals surface area (Å²) in [5.41, 5.74) is 1.65. The molecule has 6 heteroatoms. The molecule has 2 aromatic rings. The Kier molecular flexibility index (Phi) is 3.55. The Morgan fingerprint density at radius 1 is 1.00 bits per heavy atom. The number of thiophene rings is 2. The minimum absolute atomic E-state index is 0.000662. The molecule has 0 unspecified atom stereocenters. The van der Waals surface area contributed by atoms with Crippen LogP contribution >= 0.6 is 22.7 Å². The maximum Gasteiger partial charge on any atom is 0.205 e. The van der Waals surface area contributed by atoms with Crippen LogP contribution < -0.4 is 0 Å². The average Bonchev–Trinajstić information content (AvgIpc) is 3.02. The van der Waals surface area contributed by atoms with E-state index in [4.69, 9.17) is 10.2 Å². The third kappa shape index (κ3) is 1.96. The van der Waals surface area contributed by atoms with Crippen LogP contribution in [0.3, 0.4) is 0 Å². The van der Waals surface area contributed by atoms with Gasteiger partial charge in [-0.15, -0.1) is 22.7 Å². The Morgan fingerprint density at radius 3 is 2.45 bits per heavy atom. The molecular formula is C14H12O4S2. The lowest BCUT2D eigenvalue weighted by atomic mass is 9.92. The van der Waals surface area contributed by atoms with Crippen molar-refractivity contribution in [2.45, 2.75) is 12.8 Å². The maximum absolute atomic E-state index is 12.5. The van der Waals surface area contributed by atoms with Crippen LogP contribution in [0.25, 0.3) is 0 Å². The van der Waals surface area contributed by atoms with Crippen molar-refractivity contribution in [1.82, 2.24) is 0 Å². The third-order valence-electron chi connectivity index (χ3n) is 3.27. The van der Waals surface area contributed by atoms with Gasteiger partial charge in [0.1, 0.15) is 0 Å². The predicted octanol–water partition coefficient (Wildman–Crippen LogP) is 1.65. The summed E-state index contributed by atoms with van der Waals surface area (Å²) >= 11 is 2.54. The van der Waals surface area contributed by atoms with Crippen molar-refractivity contribution in [2.24, 2.45) is 0 Å². The van der Waals surface area contributed by atoms with Crippen LogP contribution in [-0.2, 0) is 12.8 Å². The van der Waals surface area contributed by atoms with Crippen molar-refractivity contribution in [2.75, 3.05) is 13.2 Å². The second-order valence-electron chi connectivity index (χ2n) is 4.53. The molecule has 0 saturated heterocycles. The van der Waals surface area contributed by atoms with Crippen LogP contribution in [0.4, 0.5) is 0 Å². The highest BCUT2D eigenvalue weighted by atomic mass is 32.1. The van der Waals surface area contributed by atoms with E-state index in [1.165, 1.54) is 22.7 Å². The van der Waals surface area contributed by atoms with E-state index in [-0.39, 0.29) is 24.8 Å². The second kappa shape index (κ2) is 5.21. The van der Waals surface area contributed by atoms with Crippen molar-refractivity contribution < 1.29 is 19.8 Å². The molecular weight excluding hydrogens is 296 g/mol. The quantitative estimate of drug-likeness (QED) is 0.768. The van der Waals surface area contributed by atoms with Gasteiger partial charge < -0.3 is 10.2 Å². The van der Waals surface area contributed by atoms with Crippen LogP contribution in [0.15, 0.2) is 11.4 Å². The Balaban J connectivity index is 2.11. The molecule has 0 aliphatic heterocycles. The molecule has 0 fully saturated rings. The van der Waals surface area contributed by atoms with Crippen LogP contribution in [0.1, 0.15) is 40.9 Å². The number of hydrogen-bond donors (Lipinski definition) is 2. The monoisotopic (exact) mass is 308 g/mol. The zero-order valence-corrected chi connectivity index (χ0v) is 12.1. The number of fused-ring (bicyclic) bond motifs is 2. The van der Waals surface area contributed by atoms with E-state index in [1.54, 1.807) is 11.4 Å². The Hall–Kier alpha value is -1.34. The van der Waals surface area contributed by atoms with Crippen molar-refractivity contribution in [1.29, 1.82) is 0 Å². The topological polar surface area (TPSA) is 74.6 Å². The molecule has 0 aromatic carbocycles. The van der Waals surface area contributed by atoms with E-state index in [0.29, 0.717) is 33.7 Å². The summed E-state index contributed by atoms with van der Waals surface area (Å²) in [4.78, 5) is 26.8. The first-order valence-corrected chi connectivity index (χ1v) is 7.91. The maximum atomic E-state index is 12.5. The van der Waals surface area contributed by atoms with Crippen LogP contribution in [-0.4, -0.2) is 35.0 Å². The fourth-order valence-corrected chi connectivity index (χ4v) is 4.51. The van der Waals surface area contributed by atoms with Gasteiger partial charge in [-0.05, 0) is 23.4 Å². The highest BCUT2D eigenvalue weighted by molar-refractivity contribution is 7.16. The summed E-state index contributed by atoms with van der Waals surface area (Å²) < 4.78 is 0. The van der Waals surface area contributed by atoms with E-state index in [0.717, 1.165) is 10.4 Å². The van der Waals surface area contributed by atoms with Crippen LogP contribution in [0.2, 0.25) is 0 Å². The number of rotatable bonds is 4. The highest BCUT2D eigenvalue weighted by Crippen LogP contribution is 2.37. The molecule has 1 aliphatic rings. The standard InChI is InChI=1S/C14H12O4S2/c15-3-1-7-6-19-14-10(7)12(18)13-9(11(14)17)5-8(20-13)2-4-16/h5-6,15-16H,1-4H2. The SMILES string of the molecule is O=C1c2cc(CCO)sc2C(=O)c2c(CCO)csc21. The smallest absolute Gasteiger partial charge is 0.205 e. The lowest BCUT2D eigenvalue weighted by molar-refractivity contribution is 0.0985. The molecule has 1 aliphatic carbocycles. The molecule has 0 atom stereocenters. The first-order chi connectivity index (χ1) is 9.67. The summed E-state index contributed by atoms with van der Waals surface area (Å²) in [6.45, 7) is -0.0446. The van der Waals surface area contributed by atoms with E-state index < -0.39 is 0 Å². The summed E-state index contributed by atoms with van der Waals surface area (Å²) in [5, 5.41) is 19.8. The zero-order valence-electron chi connectivity index (χ0n) is 10.5. The van der Waals surface area contributed by atoms with E-state index in [1.807, 2.05) is 0 Å². The fraction of sp³-hybridized carbons (Fsp3) is 0.286. The number of ketones is 2. The summed E-state index contributed by atoms with van der Waals surface area (Å²) in [6.07, 6.45) is 0.838. The lowest BCUT2D eigenvalue weighted by Crippen LogP contribution is -2.17. The number of aliphatic hydroxyl groups excluding tert-OH is 2. The summed E-state index contributed by atoms with van der Waals surface area (Å²) in [7, 11) is 0. The van der Waals surface area contributed by atoms with Gasteiger partial charge in [-0.3, -0.25) is 9.59 Å². The molecule has 0 radical (unpaired) electrons. The Bertz CT molecular complexity index is 692. The van der Waals surface area contributed by atoms with E-state index in [9.17, 15) is 9.59 Å². The zero-order chi connectivity index (χ0) is 14.3. The molecule has 0 saturated carbocycles. The molecule has 2 heterocycles. The van der Waals surface area contributed by atoms with Gasteiger partial charge in [0.2, 0.25) is 11.6 Å². The van der Waals surface area contributed by atoms with Crippen molar-refractivity contribution in [3.8, 4) is 0 Å². The van der Waals surface area contributed by atoms with Crippen LogP contribution in [0.5, 0.6) is 0 Å². The van der Waals surface area contributed by atoms with E-state index in [2.05, 4.69) is 0 Å². The molecule has 4 nitrogen and oxygen atoms in total. The molecule has 2 aromatic heterocycles. The highest BCUT2D eigenvalue weighted by Gasteiger charge is 2.35. The van der Waals surface area contributed by atoms with Gasteiger partial charge in [-0.2, -0.15) is 0 Å². The van der Waals surface area contributed by atoms with Gasteiger partial charge >= 0.3 is 0 Å². The third-order valence-corrected chi connectivity index (χ3v) is 5.49. The fourth-order valence-electron chi connectivity index (χ4n) is 2.36. The average molecular weight is 308 g/mol. The molecule has 104 valence electrons.